The summed E-state index contributed by atoms with van der Waals surface area (Å²) in [6.07, 6.45) is 2.48. The topological polar surface area (TPSA) is 38.8 Å². The number of methoxy groups -OCH3 is 1. The second-order valence-electron chi connectivity index (χ2n) is 7.50. The molecular formula is C18H19Br2NO3. The predicted octanol–water partition coefficient (Wildman–Crippen LogP) is 3.07. The zero-order valence-corrected chi connectivity index (χ0v) is 16.8. The van der Waals surface area contributed by atoms with Crippen LogP contribution in [0.1, 0.15) is 24.0 Å². The van der Waals surface area contributed by atoms with Crippen LogP contribution in [0, 0.1) is 5.92 Å². The molecule has 1 saturated heterocycles. The first kappa shape index (κ1) is 15.6. The summed E-state index contributed by atoms with van der Waals surface area (Å²) in [6, 6.07) is 2.45. The van der Waals surface area contributed by atoms with E-state index in [-0.39, 0.29) is 22.1 Å². The number of hydrogen-bond acceptors (Lipinski definition) is 4. The summed E-state index contributed by atoms with van der Waals surface area (Å²) in [5, 5.41) is 0. The molecule has 6 heteroatoms. The highest BCUT2D eigenvalue weighted by Gasteiger charge is 2.67. The van der Waals surface area contributed by atoms with Gasteiger partial charge >= 0.3 is 0 Å². The van der Waals surface area contributed by atoms with Crippen molar-refractivity contribution in [1.82, 2.24) is 4.90 Å². The fourth-order valence-corrected chi connectivity index (χ4v) is 6.86. The van der Waals surface area contributed by atoms with Crippen LogP contribution >= 0.6 is 31.9 Å². The van der Waals surface area contributed by atoms with Crippen molar-refractivity contribution >= 4 is 37.6 Å². The lowest BCUT2D eigenvalue weighted by Gasteiger charge is -2.57. The van der Waals surface area contributed by atoms with E-state index in [1.807, 2.05) is 6.07 Å². The molecule has 4 nitrogen and oxygen atoms in total. The molecule has 4 aliphatic rings. The molecule has 1 spiro atoms. The van der Waals surface area contributed by atoms with Gasteiger partial charge in [-0.2, -0.15) is 0 Å². The summed E-state index contributed by atoms with van der Waals surface area (Å²) in [5.74, 6) is 2.18. The van der Waals surface area contributed by atoms with Crippen LogP contribution in [0.15, 0.2) is 10.5 Å². The van der Waals surface area contributed by atoms with Gasteiger partial charge in [0.25, 0.3) is 0 Å². The van der Waals surface area contributed by atoms with E-state index in [4.69, 9.17) is 9.47 Å². The Morgan fingerprint density at radius 1 is 1.46 bits per heavy atom. The molecule has 0 N–H and O–H groups in total. The van der Waals surface area contributed by atoms with Crippen molar-refractivity contribution in [3.8, 4) is 11.5 Å². The molecule has 2 bridgehead atoms. The van der Waals surface area contributed by atoms with Gasteiger partial charge in [0.2, 0.25) is 0 Å². The van der Waals surface area contributed by atoms with Gasteiger partial charge in [-0.1, -0.05) is 31.9 Å². The van der Waals surface area contributed by atoms with E-state index in [1.54, 1.807) is 7.11 Å². The zero-order valence-electron chi connectivity index (χ0n) is 13.6. The van der Waals surface area contributed by atoms with E-state index >= 15 is 0 Å². The minimum Gasteiger partial charge on any atom is -0.493 e. The van der Waals surface area contributed by atoms with Gasteiger partial charge < -0.3 is 14.4 Å². The molecule has 5 rings (SSSR count). The first-order valence-corrected chi connectivity index (χ1v) is 10.1. The number of likely N-dealkylation sites (tertiary alicyclic amines) is 1. The third kappa shape index (κ3) is 1.65. The summed E-state index contributed by atoms with van der Waals surface area (Å²) < 4.78 is 13.0. The first-order valence-electron chi connectivity index (χ1n) is 8.43. The first-order chi connectivity index (χ1) is 11.5. The molecule has 3 unspecified atom stereocenters. The SMILES string of the molecule is COc1cc(Br)c2c3c1OC1C(=O)C(Br)CC4[C@H](C2)N(C)CC[C@@]314. The van der Waals surface area contributed by atoms with Crippen LogP contribution in [-0.2, 0) is 16.6 Å². The van der Waals surface area contributed by atoms with E-state index in [0.29, 0.717) is 12.0 Å². The van der Waals surface area contributed by atoms with Crippen LogP contribution in [0.2, 0.25) is 0 Å². The second kappa shape index (κ2) is 4.98. The number of carbonyl (C=O) groups is 1. The maximum Gasteiger partial charge on any atom is 0.187 e. The third-order valence-electron chi connectivity index (χ3n) is 6.70. The average molecular weight is 457 g/mol. The molecule has 24 heavy (non-hydrogen) atoms. The van der Waals surface area contributed by atoms with Gasteiger partial charge in [0, 0.05) is 21.5 Å². The van der Waals surface area contributed by atoms with Crippen LogP contribution in [0.3, 0.4) is 0 Å². The Bertz CT molecular complexity index is 767. The Kier molecular flexibility index (Phi) is 3.25. The van der Waals surface area contributed by atoms with E-state index in [9.17, 15) is 4.79 Å². The van der Waals surface area contributed by atoms with Gasteiger partial charge in [-0.25, -0.2) is 0 Å². The molecule has 5 atom stereocenters. The van der Waals surface area contributed by atoms with E-state index in [2.05, 4.69) is 43.8 Å². The fourth-order valence-electron chi connectivity index (χ4n) is 5.65. The predicted molar refractivity (Wildman–Crippen MR) is 97.4 cm³/mol. The Balaban J connectivity index is 1.83. The molecule has 0 radical (unpaired) electrons. The van der Waals surface area contributed by atoms with E-state index in [1.165, 1.54) is 11.1 Å². The van der Waals surface area contributed by atoms with Crippen molar-refractivity contribution in [2.24, 2.45) is 5.92 Å². The molecule has 2 aliphatic heterocycles. The van der Waals surface area contributed by atoms with Crippen molar-refractivity contribution in [3.05, 3.63) is 21.7 Å². The van der Waals surface area contributed by atoms with Gasteiger partial charge in [0.15, 0.2) is 23.4 Å². The van der Waals surface area contributed by atoms with Gasteiger partial charge in [-0.15, -0.1) is 0 Å². The number of halogens is 2. The maximum atomic E-state index is 13.0. The van der Waals surface area contributed by atoms with Gasteiger partial charge in [-0.05, 0) is 50.4 Å². The lowest BCUT2D eigenvalue weighted by molar-refractivity contribution is -0.137. The molecule has 0 amide bonds. The number of ether oxygens (including phenoxy) is 2. The quantitative estimate of drug-likeness (QED) is 0.609. The van der Waals surface area contributed by atoms with Crippen LogP contribution < -0.4 is 9.47 Å². The number of piperidine rings is 1. The number of hydrogen-bond donors (Lipinski definition) is 0. The van der Waals surface area contributed by atoms with Gasteiger partial charge in [0.1, 0.15) is 0 Å². The molecule has 2 heterocycles. The third-order valence-corrected chi connectivity index (χ3v) is 8.23. The zero-order chi connectivity index (χ0) is 16.8. The smallest absolute Gasteiger partial charge is 0.187 e. The summed E-state index contributed by atoms with van der Waals surface area (Å²) in [6.45, 7) is 1.01. The van der Waals surface area contributed by atoms with Crippen LogP contribution in [0.4, 0.5) is 0 Å². The lowest BCUT2D eigenvalue weighted by atomic mass is 9.51. The molecule has 128 valence electrons. The largest absolute Gasteiger partial charge is 0.493 e. The molecular weight excluding hydrogens is 438 g/mol. The lowest BCUT2D eigenvalue weighted by Crippen LogP contribution is -2.67. The highest BCUT2D eigenvalue weighted by Crippen LogP contribution is 2.64. The average Bonchev–Trinajstić information content (AvgIpc) is 2.90. The highest BCUT2D eigenvalue weighted by molar-refractivity contribution is 9.10. The maximum absolute atomic E-state index is 13.0. The standard InChI is InChI=1S/C18H19Br2NO3/c1-21-4-3-18-9-6-11(20)15(22)17(18)24-16-13(23-2)7-10(19)8(14(16)18)5-12(9)21/h7,9,11-12,17H,3-6H2,1-2H3/t9?,11?,12-,17?,18+/m0/s1. The fraction of sp³-hybridized carbons (Fsp3) is 0.611. The molecule has 2 fully saturated rings. The normalized spacial score (nSPS) is 39.4. The number of benzene rings is 1. The van der Waals surface area contributed by atoms with Crippen molar-refractivity contribution in [2.45, 2.75) is 41.7 Å². The number of ketones is 1. The molecule has 0 aromatic heterocycles. The van der Waals surface area contributed by atoms with E-state index in [0.717, 1.165) is 41.8 Å². The number of alkyl halides is 1. The minimum atomic E-state index is -0.380. The van der Waals surface area contributed by atoms with Crippen molar-refractivity contribution < 1.29 is 14.3 Å². The highest BCUT2D eigenvalue weighted by atomic mass is 79.9. The van der Waals surface area contributed by atoms with Crippen LogP contribution in [0.5, 0.6) is 11.5 Å². The summed E-state index contributed by atoms with van der Waals surface area (Å²) >= 11 is 7.37. The minimum absolute atomic E-state index is 0.111. The van der Waals surface area contributed by atoms with Gasteiger partial charge in [0.05, 0.1) is 11.9 Å². The Hall–Kier alpha value is -0.590. The van der Waals surface area contributed by atoms with Crippen molar-refractivity contribution in [2.75, 3.05) is 20.7 Å². The number of Topliss-reactive ketones (excluding diaryl/α,β-unsaturated/α-hetero) is 1. The van der Waals surface area contributed by atoms with Crippen LogP contribution in [-0.4, -0.2) is 48.4 Å². The Morgan fingerprint density at radius 3 is 3.00 bits per heavy atom. The summed E-state index contributed by atoms with van der Waals surface area (Å²) in [5.41, 5.74) is 2.38. The van der Waals surface area contributed by atoms with Crippen LogP contribution in [0.25, 0.3) is 0 Å². The molecule has 1 saturated carbocycles. The number of rotatable bonds is 1. The van der Waals surface area contributed by atoms with Crippen molar-refractivity contribution in [1.29, 1.82) is 0 Å². The monoisotopic (exact) mass is 455 g/mol. The van der Waals surface area contributed by atoms with Crippen molar-refractivity contribution in [3.63, 3.8) is 0 Å². The van der Waals surface area contributed by atoms with E-state index < -0.39 is 0 Å². The molecule has 1 aromatic rings. The number of carbonyl (C=O) groups excluding carboxylic acids is 1. The Morgan fingerprint density at radius 2 is 2.25 bits per heavy atom. The second-order valence-corrected chi connectivity index (χ2v) is 9.46. The Labute approximate surface area is 158 Å². The number of nitrogens with zero attached hydrogens (tertiary/aromatic N) is 1. The molecule has 1 aromatic carbocycles. The summed E-state index contributed by atoms with van der Waals surface area (Å²) in [7, 11) is 3.88. The van der Waals surface area contributed by atoms with Gasteiger partial charge in [-0.3, -0.25) is 4.79 Å². The molecule has 2 aliphatic carbocycles. The summed E-state index contributed by atoms with van der Waals surface area (Å²) in [4.78, 5) is 15.3. The number of likely N-dealkylation sites (N-methyl/N-ethyl adjacent to an activating group) is 1.